The van der Waals surface area contributed by atoms with Crippen molar-refractivity contribution in [3.63, 3.8) is 0 Å². The molecular formula is C7H10O7S. The normalized spacial score (nSPS) is 15.1. The first kappa shape index (κ1) is 13.6. The molecule has 86 valence electrons. The molecule has 0 fully saturated rings. The van der Waals surface area contributed by atoms with Crippen LogP contribution in [-0.4, -0.2) is 41.9 Å². The number of methoxy groups -OCH3 is 1. The summed E-state index contributed by atoms with van der Waals surface area (Å²) in [5, 5.41) is 8.46. The number of esters is 1. The van der Waals surface area contributed by atoms with Gasteiger partial charge in [0, 0.05) is 0 Å². The van der Waals surface area contributed by atoms with Crippen molar-refractivity contribution in [1.82, 2.24) is 0 Å². The lowest BCUT2D eigenvalue weighted by Gasteiger charge is -2.21. The number of carbonyl (C=O) groups is 2. The van der Waals surface area contributed by atoms with Crippen LogP contribution >= 0.6 is 0 Å². The van der Waals surface area contributed by atoms with E-state index in [1.807, 2.05) is 0 Å². The van der Waals surface area contributed by atoms with Gasteiger partial charge in [-0.1, -0.05) is 6.08 Å². The Labute approximate surface area is 86.1 Å². The number of carbonyl (C=O) groups excluding carboxylic acids is 1. The summed E-state index contributed by atoms with van der Waals surface area (Å²) in [4.78, 5) is 21.6. The number of rotatable bonds is 5. The zero-order valence-corrected chi connectivity index (χ0v) is 8.65. The molecule has 0 aliphatic heterocycles. The fourth-order valence-corrected chi connectivity index (χ4v) is 1.74. The van der Waals surface area contributed by atoms with Gasteiger partial charge in [0.1, 0.15) is 0 Å². The summed E-state index contributed by atoms with van der Waals surface area (Å²) >= 11 is 0. The monoisotopic (exact) mass is 238 g/mol. The van der Waals surface area contributed by atoms with Gasteiger partial charge in [0.25, 0.3) is 10.1 Å². The second-order valence-corrected chi connectivity index (χ2v) is 4.31. The fourth-order valence-electron chi connectivity index (χ4n) is 0.927. The van der Waals surface area contributed by atoms with Crippen LogP contribution in [0, 0.1) is 0 Å². The van der Waals surface area contributed by atoms with E-state index in [9.17, 15) is 18.0 Å². The molecule has 0 heterocycles. The highest BCUT2D eigenvalue weighted by molar-refractivity contribution is 7.88. The van der Waals surface area contributed by atoms with E-state index < -0.39 is 33.2 Å². The van der Waals surface area contributed by atoms with E-state index in [1.54, 1.807) is 0 Å². The molecule has 0 aromatic rings. The molecule has 0 spiro atoms. The molecule has 0 saturated heterocycles. The maximum atomic E-state index is 11.2. The molecule has 0 rings (SSSR count). The van der Waals surface area contributed by atoms with Crippen LogP contribution < -0.4 is 0 Å². The van der Waals surface area contributed by atoms with E-state index in [0.29, 0.717) is 6.08 Å². The van der Waals surface area contributed by atoms with Gasteiger partial charge in [0.2, 0.25) is 4.75 Å². The van der Waals surface area contributed by atoms with Gasteiger partial charge in [-0.3, -0.25) is 9.35 Å². The summed E-state index contributed by atoms with van der Waals surface area (Å²) in [6, 6.07) is 0. The summed E-state index contributed by atoms with van der Waals surface area (Å²) in [5.41, 5.74) is 0. The van der Waals surface area contributed by atoms with Crippen LogP contribution in [0.5, 0.6) is 0 Å². The molecule has 0 aliphatic carbocycles. The Kier molecular flexibility index (Phi) is 3.99. The Hall–Kier alpha value is -1.41. The van der Waals surface area contributed by atoms with Crippen molar-refractivity contribution in [2.24, 2.45) is 0 Å². The third kappa shape index (κ3) is 2.54. The highest BCUT2D eigenvalue weighted by Gasteiger charge is 2.50. The number of ether oxygens (including phenoxy) is 1. The third-order valence-electron chi connectivity index (χ3n) is 1.73. The maximum absolute atomic E-state index is 11.2. The lowest BCUT2D eigenvalue weighted by atomic mass is 10.1. The molecule has 0 aromatic heterocycles. The van der Waals surface area contributed by atoms with Gasteiger partial charge in [0.05, 0.1) is 13.5 Å². The summed E-state index contributed by atoms with van der Waals surface area (Å²) in [6.07, 6.45) is -0.621. The average Bonchev–Trinajstić information content (AvgIpc) is 2.10. The second-order valence-electron chi connectivity index (χ2n) is 2.63. The molecule has 1 atom stereocenters. The lowest BCUT2D eigenvalue weighted by molar-refractivity contribution is -0.147. The van der Waals surface area contributed by atoms with Gasteiger partial charge in [-0.15, -0.1) is 6.58 Å². The highest BCUT2D eigenvalue weighted by Crippen LogP contribution is 2.24. The van der Waals surface area contributed by atoms with E-state index in [2.05, 4.69) is 11.3 Å². The molecule has 8 heteroatoms. The lowest BCUT2D eigenvalue weighted by Crippen LogP contribution is -2.46. The van der Waals surface area contributed by atoms with Gasteiger partial charge in [-0.05, 0) is 0 Å². The van der Waals surface area contributed by atoms with Crippen molar-refractivity contribution in [1.29, 1.82) is 0 Å². The Morgan fingerprint density at radius 1 is 1.53 bits per heavy atom. The molecular weight excluding hydrogens is 228 g/mol. The van der Waals surface area contributed by atoms with Gasteiger partial charge in [0.15, 0.2) is 0 Å². The first-order valence-corrected chi connectivity index (χ1v) is 5.06. The van der Waals surface area contributed by atoms with Crippen molar-refractivity contribution in [3.8, 4) is 0 Å². The molecule has 0 amide bonds. The highest BCUT2D eigenvalue weighted by atomic mass is 32.2. The van der Waals surface area contributed by atoms with Crippen LogP contribution in [0.3, 0.4) is 0 Å². The summed E-state index contributed by atoms with van der Waals surface area (Å²) in [6.45, 7) is 3.02. The quantitative estimate of drug-likeness (QED) is 0.374. The van der Waals surface area contributed by atoms with Crippen molar-refractivity contribution in [3.05, 3.63) is 12.7 Å². The smallest absolute Gasteiger partial charge is 0.334 e. The summed E-state index contributed by atoms with van der Waals surface area (Å²) in [7, 11) is -4.09. The number of carboxylic acids is 1. The minimum atomic E-state index is -4.96. The van der Waals surface area contributed by atoms with E-state index in [1.165, 1.54) is 0 Å². The van der Waals surface area contributed by atoms with E-state index in [0.717, 1.165) is 7.11 Å². The number of hydrogen-bond acceptors (Lipinski definition) is 5. The van der Waals surface area contributed by atoms with Gasteiger partial charge in [-0.2, -0.15) is 8.42 Å². The average molecular weight is 238 g/mol. The van der Waals surface area contributed by atoms with Crippen LogP contribution in [0.1, 0.15) is 6.42 Å². The fraction of sp³-hybridized carbons (Fsp3) is 0.429. The largest absolute Gasteiger partial charge is 0.481 e. The van der Waals surface area contributed by atoms with E-state index in [-0.39, 0.29) is 0 Å². The third-order valence-corrected chi connectivity index (χ3v) is 3.13. The number of hydrogen-bond donors (Lipinski definition) is 2. The zero-order chi connectivity index (χ0) is 12.3. The Balaban J connectivity index is 5.62. The Morgan fingerprint density at radius 2 is 2.00 bits per heavy atom. The zero-order valence-electron chi connectivity index (χ0n) is 7.84. The standard InChI is InChI=1S/C7H10O7S/c1-3-7(4-5(8)9,6(10)14-2)15(11,12)13/h3H,1,4H2,2H3,(H,8,9)(H,11,12,13). The molecule has 2 N–H and O–H groups in total. The maximum Gasteiger partial charge on any atom is 0.334 e. The first-order valence-electron chi connectivity index (χ1n) is 3.62. The number of aliphatic carboxylic acids is 1. The van der Waals surface area contributed by atoms with E-state index in [4.69, 9.17) is 9.66 Å². The second kappa shape index (κ2) is 4.41. The van der Waals surface area contributed by atoms with Crippen LogP contribution in [0.15, 0.2) is 12.7 Å². The van der Waals surface area contributed by atoms with Crippen molar-refractivity contribution in [2.45, 2.75) is 11.2 Å². The SMILES string of the molecule is C=CC(CC(=O)O)(C(=O)OC)S(=O)(=O)O. The molecule has 0 bridgehead atoms. The molecule has 0 saturated carbocycles. The van der Waals surface area contributed by atoms with Gasteiger partial charge in [-0.25, -0.2) is 4.79 Å². The summed E-state index contributed by atoms with van der Waals surface area (Å²) in [5.74, 6) is -2.99. The summed E-state index contributed by atoms with van der Waals surface area (Å²) < 4.78 is 32.2. The molecule has 7 nitrogen and oxygen atoms in total. The number of carboxylic acid groups (broad SMARTS) is 1. The van der Waals surface area contributed by atoms with Crippen LogP contribution in [-0.2, 0) is 24.4 Å². The van der Waals surface area contributed by atoms with E-state index >= 15 is 0 Å². The minimum absolute atomic E-state index is 0.530. The molecule has 1 unspecified atom stereocenters. The minimum Gasteiger partial charge on any atom is -0.481 e. The van der Waals surface area contributed by atoms with Crippen LogP contribution in [0.25, 0.3) is 0 Å². The van der Waals surface area contributed by atoms with Gasteiger partial charge >= 0.3 is 11.9 Å². The Bertz CT molecular complexity index is 382. The van der Waals surface area contributed by atoms with Gasteiger partial charge < -0.3 is 9.84 Å². The molecule has 0 aromatic carbocycles. The van der Waals surface area contributed by atoms with Crippen LogP contribution in [0.4, 0.5) is 0 Å². The first-order chi connectivity index (χ1) is 6.71. The van der Waals surface area contributed by atoms with Crippen molar-refractivity contribution in [2.75, 3.05) is 7.11 Å². The van der Waals surface area contributed by atoms with Crippen LogP contribution in [0.2, 0.25) is 0 Å². The molecule has 0 radical (unpaired) electrons. The van der Waals surface area contributed by atoms with Crippen molar-refractivity contribution < 1.29 is 32.4 Å². The predicted octanol–water partition coefficient (Wildman–Crippen LogP) is -0.553. The molecule has 15 heavy (non-hydrogen) atoms. The Morgan fingerprint density at radius 3 is 2.20 bits per heavy atom. The topological polar surface area (TPSA) is 118 Å². The molecule has 0 aliphatic rings. The van der Waals surface area contributed by atoms with Crippen molar-refractivity contribution >= 4 is 22.1 Å². The predicted molar refractivity (Wildman–Crippen MR) is 48.7 cm³/mol.